The Kier molecular flexibility index (Phi) is 4.58. The summed E-state index contributed by atoms with van der Waals surface area (Å²) >= 11 is 0. The fraction of sp³-hybridized carbons (Fsp3) is 0.333. The van der Waals surface area contributed by atoms with E-state index in [2.05, 4.69) is 22.2 Å². The number of halogens is 1. The first-order valence-corrected chi connectivity index (χ1v) is 6.50. The zero-order valence-electron chi connectivity index (χ0n) is 11.3. The second-order valence-electron chi connectivity index (χ2n) is 4.51. The maximum Gasteiger partial charge on any atom is 0.159 e. The van der Waals surface area contributed by atoms with Crippen molar-refractivity contribution in [3.8, 4) is 11.4 Å². The van der Waals surface area contributed by atoms with Gasteiger partial charge in [0.25, 0.3) is 0 Å². The fourth-order valence-corrected chi connectivity index (χ4v) is 1.85. The maximum absolute atomic E-state index is 12.9. The van der Waals surface area contributed by atoms with Gasteiger partial charge in [0.1, 0.15) is 5.82 Å². The van der Waals surface area contributed by atoms with E-state index in [9.17, 15) is 4.39 Å². The molecular formula is C15H18FN3. The Morgan fingerprint density at radius 3 is 2.58 bits per heavy atom. The van der Waals surface area contributed by atoms with Gasteiger partial charge in [-0.3, -0.25) is 0 Å². The molecule has 2 aromatic rings. The molecule has 1 aromatic heterocycles. The summed E-state index contributed by atoms with van der Waals surface area (Å²) in [7, 11) is 0. The molecule has 0 aliphatic heterocycles. The molecule has 0 bridgehead atoms. The Labute approximate surface area is 112 Å². The summed E-state index contributed by atoms with van der Waals surface area (Å²) in [5.41, 5.74) is 2.71. The normalized spacial score (nSPS) is 10.7. The van der Waals surface area contributed by atoms with E-state index in [0.717, 1.165) is 36.5 Å². The van der Waals surface area contributed by atoms with E-state index in [1.165, 1.54) is 12.1 Å². The Morgan fingerprint density at radius 1 is 1.16 bits per heavy atom. The molecule has 0 aliphatic carbocycles. The number of hydrogen-bond donors (Lipinski definition) is 1. The molecule has 1 N–H and O–H groups in total. The van der Waals surface area contributed by atoms with Crippen molar-refractivity contribution in [2.75, 3.05) is 6.54 Å². The van der Waals surface area contributed by atoms with Crippen LogP contribution >= 0.6 is 0 Å². The smallest absolute Gasteiger partial charge is 0.159 e. The summed E-state index contributed by atoms with van der Waals surface area (Å²) in [6.45, 7) is 5.76. The zero-order chi connectivity index (χ0) is 13.7. The van der Waals surface area contributed by atoms with Crippen molar-refractivity contribution in [1.29, 1.82) is 0 Å². The molecule has 0 fully saturated rings. The summed E-state index contributed by atoms with van der Waals surface area (Å²) in [4.78, 5) is 8.91. The minimum absolute atomic E-state index is 0.249. The van der Waals surface area contributed by atoms with Gasteiger partial charge in [-0.2, -0.15) is 0 Å². The van der Waals surface area contributed by atoms with Crippen LogP contribution in [0.1, 0.15) is 24.7 Å². The quantitative estimate of drug-likeness (QED) is 0.838. The average Bonchev–Trinajstić information content (AvgIpc) is 2.39. The minimum Gasteiger partial charge on any atom is -0.311 e. The van der Waals surface area contributed by atoms with Crippen LogP contribution in [0.4, 0.5) is 4.39 Å². The van der Waals surface area contributed by atoms with Crippen LogP contribution in [0, 0.1) is 12.7 Å². The number of benzene rings is 1. The van der Waals surface area contributed by atoms with Crippen LogP contribution in [0.25, 0.3) is 11.4 Å². The molecule has 19 heavy (non-hydrogen) atoms. The molecule has 3 nitrogen and oxygen atoms in total. The molecule has 0 spiro atoms. The molecule has 4 heteroatoms. The van der Waals surface area contributed by atoms with Crippen molar-refractivity contribution in [1.82, 2.24) is 15.3 Å². The molecule has 0 saturated heterocycles. The Balaban J connectivity index is 2.23. The lowest BCUT2D eigenvalue weighted by Crippen LogP contribution is -2.15. The van der Waals surface area contributed by atoms with E-state index in [1.807, 2.05) is 13.0 Å². The molecule has 0 atom stereocenters. The monoisotopic (exact) mass is 259 g/mol. The number of hydrogen-bond acceptors (Lipinski definition) is 3. The van der Waals surface area contributed by atoms with Crippen molar-refractivity contribution in [2.24, 2.45) is 0 Å². The van der Waals surface area contributed by atoms with Crippen molar-refractivity contribution in [3.05, 3.63) is 47.5 Å². The Bertz CT molecular complexity index is 538. The molecule has 0 unspecified atom stereocenters. The number of rotatable bonds is 5. The Hall–Kier alpha value is -1.81. The largest absolute Gasteiger partial charge is 0.311 e. The van der Waals surface area contributed by atoms with Crippen LogP contribution in [-0.2, 0) is 6.54 Å². The molecule has 0 aliphatic rings. The maximum atomic E-state index is 12.9. The lowest BCUT2D eigenvalue weighted by Gasteiger charge is -2.07. The van der Waals surface area contributed by atoms with Crippen molar-refractivity contribution < 1.29 is 4.39 Å². The first-order chi connectivity index (χ1) is 9.19. The minimum atomic E-state index is -0.249. The van der Waals surface area contributed by atoms with Crippen molar-refractivity contribution in [3.63, 3.8) is 0 Å². The molecule has 2 rings (SSSR count). The van der Waals surface area contributed by atoms with Crippen molar-refractivity contribution >= 4 is 0 Å². The summed E-state index contributed by atoms with van der Waals surface area (Å²) in [6, 6.07) is 8.22. The Morgan fingerprint density at radius 2 is 1.89 bits per heavy atom. The second kappa shape index (κ2) is 6.38. The third kappa shape index (κ3) is 3.83. The number of aryl methyl sites for hydroxylation is 1. The molecule has 100 valence electrons. The van der Waals surface area contributed by atoms with Crippen LogP contribution in [-0.4, -0.2) is 16.5 Å². The SMILES string of the molecule is CCCNCc1cc(C)nc(-c2ccc(F)cc2)n1. The van der Waals surface area contributed by atoms with Crippen molar-refractivity contribution in [2.45, 2.75) is 26.8 Å². The van der Waals surface area contributed by atoms with Gasteiger partial charge < -0.3 is 5.32 Å². The molecule has 1 heterocycles. The molecule has 1 aromatic carbocycles. The third-order valence-corrected chi connectivity index (χ3v) is 2.74. The van der Waals surface area contributed by atoms with Crippen LogP contribution in [0.2, 0.25) is 0 Å². The van der Waals surface area contributed by atoms with E-state index in [-0.39, 0.29) is 5.82 Å². The fourth-order valence-electron chi connectivity index (χ4n) is 1.85. The zero-order valence-corrected chi connectivity index (χ0v) is 11.3. The van der Waals surface area contributed by atoms with Crippen LogP contribution < -0.4 is 5.32 Å². The highest BCUT2D eigenvalue weighted by Gasteiger charge is 2.05. The van der Waals surface area contributed by atoms with Crippen LogP contribution in [0.5, 0.6) is 0 Å². The highest BCUT2D eigenvalue weighted by Crippen LogP contribution is 2.16. The lowest BCUT2D eigenvalue weighted by atomic mass is 10.2. The second-order valence-corrected chi connectivity index (χ2v) is 4.51. The van der Waals surface area contributed by atoms with Gasteiger partial charge in [0.05, 0.1) is 5.69 Å². The molecule has 0 radical (unpaired) electrons. The predicted molar refractivity (Wildman–Crippen MR) is 74.2 cm³/mol. The highest BCUT2D eigenvalue weighted by molar-refractivity contribution is 5.54. The predicted octanol–water partition coefficient (Wildman–Crippen LogP) is 3.09. The summed E-state index contributed by atoms with van der Waals surface area (Å²) in [5.74, 6) is 0.398. The first kappa shape index (κ1) is 13.6. The van der Waals surface area contributed by atoms with E-state index in [0.29, 0.717) is 5.82 Å². The molecule has 0 saturated carbocycles. The van der Waals surface area contributed by atoms with Crippen LogP contribution in [0.15, 0.2) is 30.3 Å². The van der Waals surface area contributed by atoms with E-state index >= 15 is 0 Å². The lowest BCUT2D eigenvalue weighted by molar-refractivity contribution is 0.628. The first-order valence-electron chi connectivity index (χ1n) is 6.50. The van der Waals surface area contributed by atoms with E-state index in [1.54, 1.807) is 12.1 Å². The van der Waals surface area contributed by atoms with Gasteiger partial charge in [0.2, 0.25) is 0 Å². The molecular weight excluding hydrogens is 241 g/mol. The van der Waals surface area contributed by atoms with Crippen LogP contribution in [0.3, 0.4) is 0 Å². The number of nitrogens with one attached hydrogen (secondary N) is 1. The highest BCUT2D eigenvalue weighted by atomic mass is 19.1. The topological polar surface area (TPSA) is 37.8 Å². The number of aromatic nitrogens is 2. The third-order valence-electron chi connectivity index (χ3n) is 2.74. The van der Waals surface area contributed by atoms with E-state index < -0.39 is 0 Å². The summed E-state index contributed by atoms with van der Waals surface area (Å²) < 4.78 is 12.9. The van der Waals surface area contributed by atoms with Gasteiger partial charge in [0.15, 0.2) is 5.82 Å². The van der Waals surface area contributed by atoms with Gasteiger partial charge in [-0.15, -0.1) is 0 Å². The average molecular weight is 259 g/mol. The van der Waals surface area contributed by atoms with Gasteiger partial charge in [-0.1, -0.05) is 6.92 Å². The van der Waals surface area contributed by atoms with Gasteiger partial charge in [0, 0.05) is 17.8 Å². The van der Waals surface area contributed by atoms with Gasteiger partial charge in [-0.25, -0.2) is 14.4 Å². The van der Waals surface area contributed by atoms with E-state index in [4.69, 9.17) is 0 Å². The standard InChI is InChI=1S/C15H18FN3/c1-3-8-17-10-14-9-11(2)18-15(19-14)12-4-6-13(16)7-5-12/h4-7,9,17H,3,8,10H2,1-2H3. The van der Waals surface area contributed by atoms with Gasteiger partial charge in [-0.05, 0) is 50.2 Å². The number of nitrogens with zero attached hydrogens (tertiary/aromatic N) is 2. The summed E-state index contributed by atoms with van der Waals surface area (Å²) in [5, 5.41) is 3.32. The summed E-state index contributed by atoms with van der Waals surface area (Å²) in [6.07, 6.45) is 1.09. The molecule has 0 amide bonds. The van der Waals surface area contributed by atoms with Gasteiger partial charge >= 0.3 is 0 Å².